The number of carbonyl (C=O) groups is 1. The number of hydrogen-bond donors (Lipinski definition) is 0. The van der Waals surface area contributed by atoms with Gasteiger partial charge in [0.25, 0.3) is 0 Å². The molecule has 0 spiro atoms. The fourth-order valence-electron chi connectivity index (χ4n) is 3.88. The third-order valence-corrected chi connectivity index (χ3v) is 5.15. The monoisotopic (exact) mass is 345 g/mol. The average Bonchev–Trinajstić information content (AvgIpc) is 2.61. The summed E-state index contributed by atoms with van der Waals surface area (Å²) in [6.07, 6.45) is 2.04. The van der Waals surface area contributed by atoms with Gasteiger partial charge in [-0.3, -0.25) is 9.69 Å². The molecular weight excluding hydrogens is 314 g/mol. The molecular formula is C20H31N3O2. The van der Waals surface area contributed by atoms with Crippen LogP contribution in [0.1, 0.15) is 25.8 Å². The minimum atomic E-state index is 0.225. The molecule has 0 saturated carbocycles. The van der Waals surface area contributed by atoms with Gasteiger partial charge in [-0.25, -0.2) is 0 Å². The second-order valence-corrected chi connectivity index (χ2v) is 7.61. The SMILES string of the molecule is COc1ccc2c(c1)CCCN2C(=O)CN1CCN(CC(C)C)CC1. The van der Waals surface area contributed by atoms with E-state index in [4.69, 9.17) is 4.74 Å². The Labute approximate surface area is 151 Å². The lowest BCUT2D eigenvalue weighted by atomic mass is 10.0. The summed E-state index contributed by atoms with van der Waals surface area (Å²) in [4.78, 5) is 19.7. The molecule has 1 amide bonds. The van der Waals surface area contributed by atoms with E-state index < -0.39 is 0 Å². The van der Waals surface area contributed by atoms with Crippen LogP contribution in [0.25, 0.3) is 0 Å². The first-order chi connectivity index (χ1) is 12.1. The van der Waals surface area contributed by atoms with E-state index in [1.54, 1.807) is 7.11 Å². The number of methoxy groups -OCH3 is 1. The number of nitrogens with zero attached hydrogens (tertiary/aromatic N) is 3. The Kier molecular flexibility index (Phi) is 5.97. The third kappa shape index (κ3) is 4.53. The molecule has 0 radical (unpaired) electrons. The summed E-state index contributed by atoms with van der Waals surface area (Å²) in [7, 11) is 1.69. The summed E-state index contributed by atoms with van der Waals surface area (Å²) in [5.41, 5.74) is 2.29. The van der Waals surface area contributed by atoms with E-state index >= 15 is 0 Å². The molecule has 138 valence electrons. The van der Waals surface area contributed by atoms with Crippen molar-refractivity contribution in [1.29, 1.82) is 0 Å². The van der Waals surface area contributed by atoms with Crippen LogP contribution in [-0.4, -0.2) is 68.6 Å². The van der Waals surface area contributed by atoms with Crippen LogP contribution in [-0.2, 0) is 11.2 Å². The Morgan fingerprint density at radius 2 is 1.84 bits per heavy atom. The Balaban J connectivity index is 1.58. The lowest BCUT2D eigenvalue weighted by molar-refractivity contribution is -0.120. The van der Waals surface area contributed by atoms with Gasteiger partial charge in [0.15, 0.2) is 0 Å². The van der Waals surface area contributed by atoms with E-state index in [0.717, 1.165) is 63.5 Å². The molecule has 0 bridgehead atoms. The van der Waals surface area contributed by atoms with E-state index in [0.29, 0.717) is 12.5 Å². The normalized spacial score (nSPS) is 19.1. The number of rotatable bonds is 5. The summed E-state index contributed by atoms with van der Waals surface area (Å²) in [6, 6.07) is 6.06. The number of benzene rings is 1. The van der Waals surface area contributed by atoms with E-state index in [9.17, 15) is 4.79 Å². The molecule has 3 rings (SSSR count). The topological polar surface area (TPSA) is 36.0 Å². The van der Waals surface area contributed by atoms with Gasteiger partial charge in [-0.05, 0) is 42.5 Å². The molecule has 0 N–H and O–H groups in total. The smallest absolute Gasteiger partial charge is 0.241 e. The van der Waals surface area contributed by atoms with Crippen LogP contribution in [0.15, 0.2) is 18.2 Å². The van der Waals surface area contributed by atoms with E-state index in [1.165, 1.54) is 5.56 Å². The zero-order valence-electron chi connectivity index (χ0n) is 15.8. The molecule has 2 aliphatic rings. The predicted octanol–water partition coefficient (Wildman–Crippen LogP) is 2.25. The quantitative estimate of drug-likeness (QED) is 0.820. The standard InChI is InChI=1S/C20H31N3O2/c1-16(2)14-21-9-11-22(12-10-21)15-20(24)23-8-4-5-17-13-18(25-3)6-7-19(17)23/h6-7,13,16H,4-5,8-12,14-15H2,1-3H3. The summed E-state index contributed by atoms with van der Waals surface area (Å²) < 4.78 is 5.32. The first kappa shape index (κ1) is 18.2. The van der Waals surface area contributed by atoms with E-state index in [2.05, 4.69) is 29.7 Å². The van der Waals surface area contributed by atoms with Crippen molar-refractivity contribution in [3.8, 4) is 5.75 Å². The highest BCUT2D eigenvalue weighted by Gasteiger charge is 2.26. The van der Waals surface area contributed by atoms with Crippen LogP contribution in [0.5, 0.6) is 5.75 Å². The maximum absolute atomic E-state index is 12.9. The van der Waals surface area contributed by atoms with E-state index in [-0.39, 0.29) is 5.91 Å². The Morgan fingerprint density at radius 1 is 1.12 bits per heavy atom. The number of ether oxygens (including phenoxy) is 1. The average molecular weight is 345 g/mol. The summed E-state index contributed by atoms with van der Waals surface area (Å²) in [5.74, 6) is 1.80. The molecule has 2 aliphatic heterocycles. The van der Waals surface area contributed by atoms with Gasteiger partial charge in [-0.2, -0.15) is 0 Å². The zero-order valence-corrected chi connectivity index (χ0v) is 15.8. The fourth-order valence-corrected chi connectivity index (χ4v) is 3.88. The van der Waals surface area contributed by atoms with Crippen molar-refractivity contribution in [3.05, 3.63) is 23.8 Å². The van der Waals surface area contributed by atoms with Gasteiger partial charge >= 0.3 is 0 Å². The zero-order chi connectivity index (χ0) is 17.8. The van der Waals surface area contributed by atoms with Crippen LogP contribution in [0.3, 0.4) is 0 Å². The van der Waals surface area contributed by atoms with Gasteiger partial charge < -0.3 is 14.5 Å². The third-order valence-electron chi connectivity index (χ3n) is 5.15. The molecule has 1 fully saturated rings. The number of hydrogen-bond acceptors (Lipinski definition) is 4. The van der Waals surface area contributed by atoms with Crippen molar-refractivity contribution in [3.63, 3.8) is 0 Å². The maximum atomic E-state index is 12.9. The molecule has 0 unspecified atom stereocenters. The molecule has 5 heteroatoms. The Morgan fingerprint density at radius 3 is 2.52 bits per heavy atom. The number of fused-ring (bicyclic) bond motifs is 1. The number of piperazine rings is 1. The van der Waals surface area contributed by atoms with Crippen molar-refractivity contribution in [1.82, 2.24) is 9.80 Å². The van der Waals surface area contributed by atoms with E-state index in [1.807, 2.05) is 17.0 Å². The number of anilines is 1. The predicted molar refractivity (Wildman–Crippen MR) is 101 cm³/mol. The largest absolute Gasteiger partial charge is 0.497 e. The Hall–Kier alpha value is -1.59. The van der Waals surface area contributed by atoms with Crippen LogP contribution in [0.2, 0.25) is 0 Å². The molecule has 1 aromatic carbocycles. The van der Waals surface area contributed by atoms with Crippen LogP contribution in [0, 0.1) is 5.92 Å². The summed E-state index contributed by atoms with van der Waals surface area (Å²) >= 11 is 0. The van der Waals surface area contributed by atoms with Gasteiger partial charge in [0, 0.05) is 45.0 Å². The lowest BCUT2D eigenvalue weighted by Crippen LogP contribution is -2.51. The molecule has 1 aromatic rings. The van der Waals surface area contributed by atoms with Crippen molar-refractivity contribution in [2.45, 2.75) is 26.7 Å². The molecule has 0 aromatic heterocycles. The van der Waals surface area contributed by atoms with Crippen LogP contribution < -0.4 is 9.64 Å². The minimum absolute atomic E-state index is 0.225. The second kappa shape index (κ2) is 8.19. The van der Waals surface area contributed by atoms with Crippen molar-refractivity contribution < 1.29 is 9.53 Å². The van der Waals surface area contributed by atoms with Crippen molar-refractivity contribution >= 4 is 11.6 Å². The van der Waals surface area contributed by atoms with Gasteiger partial charge in [0.05, 0.1) is 13.7 Å². The van der Waals surface area contributed by atoms with Gasteiger partial charge in [0.2, 0.25) is 5.91 Å². The molecule has 0 aliphatic carbocycles. The first-order valence-corrected chi connectivity index (χ1v) is 9.49. The van der Waals surface area contributed by atoms with Gasteiger partial charge in [-0.15, -0.1) is 0 Å². The lowest BCUT2D eigenvalue weighted by Gasteiger charge is -2.37. The molecule has 1 saturated heterocycles. The van der Waals surface area contributed by atoms with Crippen LogP contribution >= 0.6 is 0 Å². The molecule has 25 heavy (non-hydrogen) atoms. The minimum Gasteiger partial charge on any atom is -0.497 e. The maximum Gasteiger partial charge on any atom is 0.241 e. The fraction of sp³-hybridized carbons (Fsp3) is 0.650. The molecule has 2 heterocycles. The number of aryl methyl sites for hydroxylation is 1. The van der Waals surface area contributed by atoms with Gasteiger partial charge in [-0.1, -0.05) is 13.8 Å². The summed E-state index contributed by atoms with van der Waals surface area (Å²) in [6.45, 7) is 11.1. The first-order valence-electron chi connectivity index (χ1n) is 9.49. The molecule has 5 nitrogen and oxygen atoms in total. The highest BCUT2D eigenvalue weighted by Crippen LogP contribution is 2.30. The number of amides is 1. The van der Waals surface area contributed by atoms with Gasteiger partial charge in [0.1, 0.15) is 5.75 Å². The van der Waals surface area contributed by atoms with Crippen molar-refractivity contribution in [2.24, 2.45) is 5.92 Å². The van der Waals surface area contributed by atoms with Crippen molar-refractivity contribution in [2.75, 3.05) is 57.8 Å². The Bertz CT molecular complexity index is 595. The number of carbonyl (C=O) groups excluding carboxylic acids is 1. The summed E-state index contributed by atoms with van der Waals surface area (Å²) in [5, 5.41) is 0. The second-order valence-electron chi connectivity index (χ2n) is 7.61. The van der Waals surface area contributed by atoms with Crippen LogP contribution in [0.4, 0.5) is 5.69 Å². The highest BCUT2D eigenvalue weighted by atomic mass is 16.5. The molecule has 0 atom stereocenters. The highest BCUT2D eigenvalue weighted by molar-refractivity contribution is 5.96.